The second kappa shape index (κ2) is 4.58. The Morgan fingerprint density at radius 1 is 1.59 bits per heavy atom. The van der Waals surface area contributed by atoms with Crippen LogP contribution in [0.3, 0.4) is 0 Å². The fourth-order valence-electron chi connectivity index (χ4n) is 1.67. The molecule has 0 spiro atoms. The molecular weight excluding hydrogens is 236 g/mol. The van der Waals surface area contributed by atoms with Crippen molar-refractivity contribution in [2.75, 3.05) is 7.11 Å². The van der Waals surface area contributed by atoms with Crippen molar-refractivity contribution in [2.24, 2.45) is 0 Å². The number of fused-ring (bicyclic) bond motifs is 1. The van der Waals surface area contributed by atoms with Gasteiger partial charge in [-0.1, -0.05) is 0 Å². The van der Waals surface area contributed by atoms with Crippen LogP contribution in [-0.2, 0) is 16.0 Å². The molecular formula is C12H16N2O2S. The van der Waals surface area contributed by atoms with E-state index in [1.54, 1.807) is 18.4 Å². The summed E-state index contributed by atoms with van der Waals surface area (Å²) in [5, 5.41) is 1.97. The molecule has 0 fully saturated rings. The molecule has 92 valence electrons. The first kappa shape index (κ1) is 12.3. The molecule has 0 saturated carbocycles. The summed E-state index contributed by atoms with van der Waals surface area (Å²) in [7, 11) is 1.62. The topological polar surface area (TPSA) is 43.6 Å². The van der Waals surface area contributed by atoms with Crippen molar-refractivity contribution in [3.05, 3.63) is 23.5 Å². The lowest BCUT2D eigenvalue weighted by molar-refractivity contribution is -0.123. The first-order valence-corrected chi connectivity index (χ1v) is 6.36. The van der Waals surface area contributed by atoms with Crippen LogP contribution in [0.15, 0.2) is 17.8 Å². The third-order valence-electron chi connectivity index (χ3n) is 2.70. The molecule has 2 aromatic rings. The molecule has 0 aliphatic rings. The number of ketones is 1. The summed E-state index contributed by atoms with van der Waals surface area (Å²) < 4.78 is 7.18. The molecule has 4 nitrogen and oxygen atoms in total. The molecule has 2 rings (SSSR count). The number of carbonyl (C=O) groups excluding carboxylic acids is 1. The Labute approximate surface area is 104 Å². The number of nitrogens with zero attached hydrogens (tertiary/aromatic N) is 2. The minimum atomic E-state index is -0.395. The molecule has 0 radical (unpaired) electrons. The van der Waals surface area contributed by atoms with Gasteiger partial charge in [-0.2, -0.15) is 0 Å². The number of ether oxygens (including phenoxy) is 1. The van der Waals surface area contributed by atoms with Gasteiger partial charge in [0.1, 0.15) is 5.78 Å². The Morgan fingerprint density at radius 3 is 3.00 bits per heavy atom. The molecule has 0 atom stereocenters. The largest absolute Gasteiger partial charge is 0.378 e. The number of thiazole rings is 1. The Hall–Kier alpha value is -1.20. The summed E-state index contributed by atoms with van der Waals surface area (Å²) in [5.74, 6) is 0.155. The number of methoxy groups -OCH3 is 1. The normalized spacial score (nSPS) is 12.2. The standard InChI is InChI=1S/C12H16N2O2S/c1-12(2,16-3)7-10(15)6-9-8-14-4-5-17-11(14)13-9/h4-5,8H,6-7H2,1-3H3. The Kier molecular flexibility index (Phi) is 3.31. The van der Waals surface area contributed by atoms with Crippen molar-refractivity contribution in [3.63, 3.8) is 0 Å². The molecule has 17 heavy (non-hydrogen) atoms. The lowest BCUT2D eigenvalue weighted by Crippen LogP contribution is -2.27. The average molecular weight is 252 g/mol. The van der Waals surface area contributed by atoms with Gasteiger partial charge in [0.05, 0.1) is 17.7 Å². The van der Waals surface area contributed by atoms with Crippen molar-refractivity contribution in [1.29, 1.82) is 0 Å². The molecule has 2 heterocycles. The van der Waals surface area contributed by atoms with Gasteiger partial charge in [-0.3, -0.25) is 9.20 Å². The lowest BCUT2D eigenvalue weighted by atomic mass is 9.99. The first-order chi connectivity index (χ1) is 8.00. The fourth-order valence-corrected chi connectivity index (χ4v) is 2.39. The SMILES string of the molecule is COC(C)(C)CC(=O)Cc1cn2ccsc2n1. The van der Waals surface area contributed by atoms with Crippen molar-refractivity contribution in [3.8, 4) is 0 Å². The highest BCUT2D eigenvalue weighted by molar-refractivity contribution is 7.15. The van der Waals surface area contributed by atoms with E-state index in [1.807, 2.05) is 36.0 Å². The third-order valence-corrected chi connectivity index (χ3v) is 3.47. The van der Waals surface area contributed by atoms with Gasteiger partial charge in [-0.05, 0) is 13.8 Å². The zero-order valence-corrected chi connectivity index (χ0v) is 11.1. The maximum absolute atomic E-state index is 11.9. The third kappa shape index (κ3) is 2.92. The highest BCUT2D eigenvalue weighted by atomic mass is 32.1. The van der Waals surface area contributed by atoms with E-state index in [-0.39, 0.29) is 5.78 Å². The van der Waals surface area contributed by atoms with E-state index in [2.05, 4.69) is 4.98 Å². The van der Waals surface area contributed by atoms with Crippen LogP contribution in [0.4, 0.5) is 0 Å². The zero-order chi connectivity index (χ0) is 12.5. The van der Waals surface area contributed by atoms with Crippen LogP contribution < -0.4 is 0 Å². The molecule has 0 aliphatic heterocycles. The van der Waals surface area contributed by atoms with Crippen LogP contribution in [0.25, 0.3) is 4.96 Å². The van der Waals surface area contributed by atoms with Gasteiger partial charge in [0, 0.05) is 31.3 Å². The molecule has 0 amide bonds. The van der Waals surface area contributed by atoms with E-state index in [9.17, 15) is 4.79 Å². The van der Waals surface area contributed by atoms with Gasteiger partial charge >= 0.3 is 0 Å². The van der Waals surface area contributed by atoms with Gasteiger partial charge < -0.3 is 4.74 Å². The van der Waals surface area contributed by atoms with Crippen LogP contribution in [0, 0.1) is 0 Å². The highest BCUT2D eigenvalue weighted by Crippen LogP contribution is 2.16. The van der Waals surface area contributed by atoms with E-state index in [0.29, 0.717) is 12.8 Å². The van der Waals surface area contributed by atoms with Crippen LogP contribution in [0.5, 0.6) is 0 Å². The molecule has 0 aromatic carbocycles. The number of aromatic nitrogens is 2. The van der Waals surface area contributed by atoms with Crippen molar-refractivity contribution in [2.45, 2.75) is 32.3 Å². The molecule has 0 bridgehead atoms. The molecule has 0 saturated heterocycles. The quantitative estimate of drug-likeness (QED) is 0.820. The number of imidazole rings is 1. The van der Waals surface area contributed by atoms with Gasteiger partial charge in [0.2, 0.25) is 0 Å². The smallest absolute Gasteiger partial charge is 0.193 e. The van der Waals surface area contributed by atoms with Crippen LogP contribution in [0.2, 0.25) is 0 Å². The molecule has 2 aromatic heterocycles. The summed E-state index contributed by atoms with van der Waals surface area (Å²) in [4.78, 5) is 17.2. The molecule has 0 N–H and O–H groups in total. The first-order valence-electron chi connectivity index (χ1n) is 5.48. The predicted molar refractivity (Wildman–Crippen MR) is 67.5 cm³/mol. The van der Waals surface area contributed by atoms with Gasteiger partial charge in [-0.25, -0.2) is 4.98 Å². The van der Waals surface area contributed by atoms with Gasteiger partial charge in [0.15, 0.2) is 4.96 Å². The number of hydrogen-bond donors (Lipinski definition) is 0. The number of carbonyl (C=O) groups is 1. The second-order valence-electron chi connectivity index (χ2n) is 4.68. The van der Waals surface area contributed by atoms with Gasteiger partial charge in [0.25, 0.3) is 0 Å². The van der Waals surface area contributed by atoms with E-state index in [1.165, 1.54) is 0 Å². The minimum absolute atomic E-state index is 0.155. The number of hydrogen-bond acceptors (Lipinski definition) is 4. The number of Topliss-reactive ketones (excluding diaryl/α,β-unsaturated/α-hetero) is 1. The summed E-state index contributed by atoms with van der Waals surface area (Å²) in [6.45, 7) is 3.83. The summed E-state index contributed by atoms with van der Waals surface area (Å²) in [5.41, 5.74) is 0.433. The van der Waals surface area contributed by atoms with Crippen molar-refractivity contribution in [1.82, 2.24) is 9.38 Å². The summed E-state index contributed by atoms with van der Waals surface area (Å²) >= 11 is 1.57. The summed E-state index contributed by atoms with van der Waals surface area (Å²) in [6, 6.07) is 0. The molecule has 0 aliphatic carbocycles. The van der Waals surface area contributed by atoms with Crippen molar-refractivity contribution >= 4 is 22.1 Å². The summed E-state index contributed by atoms with van der Waals surface area (Å²) in [6.07, 6.45) is 4.64. The van der Waals surface area contributed by atoms with E-state index in [4.69, 9.17) is 4.74 Å². The van der Waals surface area contributed by atoms with Crippen molar-refractivity contribution < 1.29 is 9.53 Å². The second-order valence-corrected chi connectivity index (χ2v) is 5.55. The molecule has 5 heteroatoms. The Balaban J connectivity index is 2.01. The lowest BCUT2D eigenvalue weighted by Gasteiger charge is -2.21. The van der Waals surface area contributed by atoms with E-state index >= 15 is 0 Å². The fraction of sp³-hybridized carbons (Fsp3) is 0.500. The zero-order valence-electron chi connectivity index (χ0n) is 10.3. The minimum Gasteiger partial charge on any atom is -0.378 e. The number of rotatable bonds is 5. The van der Waals surface area contributed by atoms with E-state index < -0.39 is 5.60 Å². The predicted octanol–water partition coefficient (Wildman–Crippen LogP) is 2.32. The van der Waals surface area contributed by atoms with Gasteiger partial charge in [-0.15, -0.1) is 11.3 Å². The Morgan fingerprint density at radius 2 is 2.35 bits per heavy atom. The average Bonchev–Trinajstić information content (AvgIpc) is 2.76. The van der Waals surface area contributed by atoms with Crippen LogP contribution in [0.1, 0.15) is 26.0 Å². The van der Waals surface area contributed by atoms with Crippen LogP contribution in [-0.4, -0.2) is 27.9 Å². The Bertz CT molecular complexity index is 499. The maximum atomic E-state index is 11.9. The maximum Gasteiger partial charge on any atom is 0.193 e. The molecule has 0 unspecified atom stereocenters. The monoisotopic (exact) mass is 252 g/mol. The highest BCUT2D eigenvalue weighted by Gasteiger charge is 2.21. The van der Waals surface area contributed by atoms with E-state index in [0.717, 1.165) is 10.7 Å². The van der Waals surface area contributed by atoms with Crippen LogP contribution >= 0.6 is 11.3 Å².